The molecule has 24 heavy (non-hydrogen) atoms. The Labute approximate surface area is 138 Å². The van der Waals surface area contributed by atoms with Gasteiger partial charge in [0.2, 0.25) is 5.78 Å². The van der Waals surface area contributed by atoms with E-state index >= 15 is 0 Å². The second-order valence-corrected chi connectivity index (χ2v) is 5.95. The maximum absolute atomic E-state index is 12.7. The summed E-state index contributed by atoms with van der Waals surface area (Å²) >= 11 is 0. The summed E-state index contributed by atoms with van der Waals surface area (Å²) in [5.74, 6) is -2.39. The molecule has 1 amide bonds. The highest BCUT2D eigenvalue weighted by molar-refractivity contribution is 6.13. The monoisotopic (exact) mass is 327 g/mol. The Morgan fingerprint density at radius 3 is 2.54 bits per heavy atom. The van der Waals surface area contributed by atoms with Crippen LogP contribution in [-0.4, -0.2) is 50.7 Å². The summed E-state index contributed by atoms with van der Waals surface area (Å²) in [6, 6.07) is 8.58. The molecular weight excluding hydrogens is 310 g/mol. The third kappa shape index (κ3) is 2.80. The van der Waals surface area contributed by atoms with Gasteiger partial charge in [0.25, 0.3) is 5.91 Å². The molecule has 2 N–H and O–H groups in total. The van der Waals surface area contributed by atoms with E-state index in [1.807, 2.05) is 0 Å². The molecule has 7 nitrogen and oxygen atoms in total. The Hall–Kier alpha value is -2.96. The minimum absolute atomic E-state index is 0.0534. The summed E-state index contributed by atoms with van der Waals surface area (Å²) in [4.78, 5) is 44.6. The van der Waals surface area contributed by atoms with E-state index in [1.54, 1.807) is 37.3 Å². The molecule has 1 aromatic carbocycles. The molecule has 1 saturated heterocycles. The molecule has 0 saturated carbocycles. The molecule has 1 aliphatic rings. The highest BCUT2D eigenvalue weighted by Crippen LogP contribution is 2.25. The number of likely N-dealkylation sites (tertiary alicyclic amines) is 1. The molecule has 1 fully saturated rings. The molecule has 1 aliphatic heterocycles. The largest absolute Gasteiger partial charge is 0.481 e. The molecule has 0 radical (unpaired) electrons. The number of carboxylic acids is 1. The van der Waals surface area contributed by atoms with E-state index in [2.05, 4.69) is 9.97 Å². The Kier molecular flexibility index (Phi) is 4.16. The average Bonchev–Trinajstić information content (AvgIpc) is 3.21. The predicted molar refractivity (Wildman–Crippen MR) is 84.7 cm³/mol. The van der Waals surface area contributed by atoms with Crippen molar-refractivity contribution in [3.8, 4) is 0 Å². The Morgan fingerprint density at radius 2 is 1.92 bits per heavy atom. The van der Waals surface area contributed by atoms with Crippen molar-refractivity contribution in [2.24, 2.45) is 11.8 Å². The van der Waals surface area contributed by atoms with Gasteiger partial charge in [-0.1, -0.05) is 37.3 Å². The van der Waals surface area contributed by atoms with Crippen LogP contribution >= 0.6 is 0 Å². The number of carbonyl (C=O) groups is 3. The van der Waals surface area contributed by atoms with E-state index in [4.69, 9.17) is 0 Å². The molecule has 7 heteroatoms. The van der Waals surface area contributed by atoms with Crippen molar-refractivity contribution in [1.82, 2.24) is 14.9 Å². The van der Waals surface area contributed by atoms with Crippen molar-refractivity contribution in [2.75, 3.05) is 13.1 Å². The number of amides is 1. The maximum Gasteiger partial charge on any atom is 0.308 e. The fourth-order valence-electron chi connectivity index (χ4n) is 2.97. The highest BCUT2D eigenvalue weighted by Gasteiger charge is 2.38. The molecule has 124 valence electrons. The van der Waals surface area contributed by atoms with Crippen LogP contribution in [0.2, 0.25) is 0 Å². The maximum atomic E-state index is 12.7. The fourth-order valence-corrected chi connectivity index (χ4v) is 2.97. The van der Waals surface area contributed by atoms with Gasteiger partial charge in [-0.3, -0.25) is 14.4 Å². The smallest absolute Gasteiger partial charge is 0.308 e. The van der Waals surface area contributed by atoms with E-state index < -0.39 is 17.8 Å². The number of ketones is 1. The van der Waals surface area contributed by atoms with Gasteiger partial charge in [0.15, 0.2) is 0 Å². The number of carboxylic acid groups (broad SMARTS) is 1. The van der Waals surface area contributed by atoms with Crippen molar-refractivity contribution in [1.29, 1.82) is 0 Å². The van der Waals surface area contributed by atoms with E-state index in [-0.39, 0.29) is 29.6 Å². The summed E-state index contributed by atoms with van der Waals surface area (Å²) in [5, 5.41) is 9.19. The first-order chi connectivity index (χ1) is 11.5. The summed E-state index contributed by atoms with van der Waals surface area (Å²) in [6.07, 6.45) is 1.30. The van der Waals surface area contributed by atoms with Crippen molar-refractivity contribution in [3.63, 3.8) is 0 Å². The van der Waals surface area contributed by atoms with E-state index in [9.17, 15) is 19.5 Å². The standard InChI is InChI=1S/C17H17N3O4/c1-10-7-20(8-12(10)17(23)24)16(22)14-13(18-9-19-14)15(21)11-5-3-2-4-6-11/h2-6,9-10,12H,7-8H2,1H3,(H,18,19)(H,23,24)/t10-,12-/m1/s1. The number of carbonyl (C=O) groups excluding carboxylic acids is 2. The zero-order valence-corrected chi connectivity index (χ0v) is 13.1. The minimum Gasteiger partial charge on any atom is -0.481 e. The van der Waals surface area contributed by atoms with Crippen LogP contribution in [0.1, 0.15) is 33.5 Å². The van der Waals surface area contributed by atoms with Gasteiger partial charge < -0.3 is 15.0 Å². The van der Waals surface area contributed by atoms with Gasteiger partial charge in [0, 0.05) is 18.7 Å². The number of aliphatic carboxylic acids is 1. The summed E-state index contributed by atoms with van der Waals surface area (Å²) < 4.78 is 0. The van der Waals surface area contributed by atoms with Crippen molar-refractivity contribution in [2.45, 2.75) is 6.92 Å². The SMILES string of the molecule is C[C@@H]1CN(C(=O)c2[nH]cnc2C(=O)c2ccccc2)C[C@H]1C(=O)O. The number of rotatable bonds is 4. The normalized spacial score (nSPS) is 20.1. The second-order valence-electron chi connectivity index (χ2n) is 5.95. The minimum atomic E-state index is -0.914. The Balaban J connectivity index is 1.84. The zero-order chi connectivity index (χ0) is 17.3. The third-order valence-electron chi connectivity index (χ3n) is 4.32. The molecule has 0 aliphatic carbocycles. The number of imidazole rings is 1. The number of hydrogen-bond acceptors (Lipinski definition) is 4. The number of hydrogen-bond donors (Lipinski definition) is 2. The lowest BCUT2D eigenvalue weighted by Crippen LogP contribution is -2.31. The number of H-pyrrole nitrogens is 1. The predicted octanol–water partition coefficient (Wildman–Crippen LogP) is 1.43. The number of nitrogens with one attached hydrogen (secondary N) is 1. The summed E-state index contributed by atoms with van der Waals surface area (Å²) in [6.45, 7) is 2.27. The lowest BCUT2D eigenvalue weighted by molar-refractivity contribution is -0.142. The summed E-state index contributed by atoms with van der Waals surface area (Å²) in [7, 11) is 0. The first kappa shape index (κ1) is 15.9. The number of nitrogens with zero attached hydrogens (tertiary/aromatic N) is 2. The topological polar surface area (TPSA) is 103 Å². The van der Waals surface area contributed by atoms with Crippen LogP contribution in [0.4, 0.5) is 0 Å². The Bertz CT molecular complexity index is 784. The first-order valence-electron chi connectivity index (χ1n) is 7.64. The first-order valence-corrected chi connectivity index (χ1v) is 7.64. The highest BCUT2D eigenvalue weighted by atomic mass is 16.4. The van der Waals surface area contributed by atoms with Gasteiger partial charge in [-0.25, -0.2) is 4.98 Å². The fraction of sp³-hybridized carbons (Fsp3) is 0.294. The lowest BCUT2D eigenvalue weighted by atomic mass is 9.99. The van der Waals surface area contributed by atoms with Gasteiger partial charge in [-0.15, -0.1) is 0 Å². The van der Waals surface area contributed by atoms with Crippen LogP contribution < -0.4 is 0 Å². The third-order valence-corrected chi connectivity index (χ3v) is 4.32. The van der Waals surface area contributed by atoms with E-state index in [0.717, 1.165) is 0 Å². The van der Waals surface area contributed by atoms with Gasteiger partial charge in [0.05, 0.1) is 12.2 Å². The van der Waals surface area contributed by atoms with Crippen LogP contribution in [0.5, 0.6) is 0 Å². The van der Waals surface area contributed by atoms with Gasteiger partial charge >= 0.3 is 5.97 Å². The van der Waals surface area contributed by atoms with Crippen molar-refractivity contribution < 1.29 is 19.5 Å². The van der Waals surface area contributed by atoms with Crippen molar-refractivity contribution in [3.05, 3.63) is 53.6 Å². The number of aromatic amines is 1. The molecule has 2 heterocycles. The molecule has 0 unspecified atom stereocenters. The molecule has 3 rings (SSSR count). The molecule has 2 atom stereocenters. The van der Waals surface area contributed by atoms with Crippen LogP contribution in [0.25, 0.3) is 0 Å². The van der Waals surface area contributed by atoms with Crippen molar-refractivity contribution >= 4 is 17.7 Å². The zero-order valence-electron chi connectivity index (χ0n) is 13.1. The van der Waals surface area contributed by atoms with Crippen LogP contribution in [0.15, 0.2) is 36.7 Å². The van der Waals surface area contributed by atoms with Crippen LogP contribution in [0, 0.1) is 11.8 Å². The average molecular weight is 327 g/mol. The van der Waals surface area contributed by atoms with Gasteiger partial charge in [-0.2, -0.15) is 0 Å². The summed E-state index contributed by atoms with van der Waals surface area (Å²) in [5.41, 5.74) is 0.594. The molecule has 1 aromatic heterocycles. The quantitative estimate of drug-likeness (QED) is 0.827. The number of aromatic nitrogens is 2. The van der Waals surface area contributed by atoms with Gasteiger partial charge in [-0.05, 0) is 5.92 Å². The second kappa shape index (κ2) is 6.27. The Morgan fingerprint density at radius 1 is 1.21 bits per heavy atom. The number of benzene rings is 1. The molecule has 2 aromatic rings. The molecular formula is C17H17N3O4. The molecule has 0 bridgehead atoms. The lowest BCUT2D eigenvalue weighted by Gasteiger charge is -2.15. The van der Waals surface area contributed by atoms with Crippen LogP contribution in [0.3, 0.4) is 0 Å². The molecule has 0 spiro atoms. The van der Waals surface area contributed by atoms with E-state index in [0.29, 0.717) is 12.1 Å². The van der Waals surface area contributed by atoms with Crippen LogP contribution in [-0.2, 0) is 4.79 Å². The van der Waals surface area contributed by atoms with E-state index in [1.165, 1.54) is 11.2 Å². The van der Waals surface area contributed by atoms with Gasteiger partial charge in [0.1, 0.15) is 11.4 Å².